The highest BCUT2D eigenvalue weighted by Gasteiger charge is 1.94. The Kier molecular flexibility index (Phi) is 3.48. The molecule has 1 rings (SSSR count). The Morgan fingerprint density at radius 1 is 1.54 bits per heavy atom. The molecule has 0 bridgehead atoms. The number of aryl methyl sites for hydroxylation is 2. The Hall–Kier alpha value is -0.830. The highest BCUT2D eigenvalue weighted by Crippen LogP contribution is 2.11. The van der Waals surface area contributed by atoms with Gasteiger partial charge >= 0.3 is 0 Å². The van der Waals surface area contributed by atoms with Gasteiger partial charge < -0.3 is 4.57 Å². The number of aromatic nitrogens is 1. The molecule has 0 saturated carbocycles. The number of hydrogen-bond donors (Lipinski definition) is 0. The van der Waals surface area contributed by atoms with Crippen molar-refractivity contribution >= 4 is 15.9 Å². The molecule has 0 unspecified atom stereocenters. The molecule has 0 aliphatic carbocycles. The molecule has 0 radical (unpaired) electrons. The van der Waals surface area contributed by atoms with Crippen molar-refractivity contribution in [2.45, 2.75) is 13.8 Å². The van der Waals surface area contributed by atoms with E-state index in [-0.39, 0.29) is 0 Å². The van der Waals surface area contributed by atoms with Crippen molar-refractivity contribution < 1.29 is 0 Å². The Morgan fingerprint density at radius 2 is 2.23 bits per heavy atom. The van der Waals surface area contributed by atoms with E-state index in [0.29, 0.717) is 0 Å². The van der Waals surface area contributed by atoms with Gasteiger partial charge in [-0.25, -0.2) is 4.99 Å². The quantitative estimate of drug-likeness (QED) is 0.718. The Labute approximate surface area is 86.8 Å². The third-order valence-corrected chi connectivity index (χ3v) is 2.58. The van der Waals surface area contributed by atoms with Crippen LogP contribution < -0.4 is 5.49 Å². The maximum atomic E-state index is 4.29. The molecule has 0 aliphatic heterocycles. The molecular weight excluding hydrogens is 228 g/mol. The van der Waals surface area contributed by atoms with Crippen molar-refractivity contribution in [3.05, 3.63) is 40.1 Å². The van der Waals surface area contributed by atoms with E-state index in [4.69, 9.17) is 0 Å². The first-order chi connectivity index (χ1) is 6.15. The van der Waals surface area contributed by atoms with E-state index in [1.807, 2.05) is 36.9 Å². The first-order valence-corrected chi connectivity index (χ1v) is 4.92. The van der Waals surface area contributed by atoms with E-state index in [2.05, 4.69) is 27.8 Å². The number of rotatable bonds is 1. The van der Waals surface area contributed by atoms with Gasteiger partial charge in [-0.3, -0.25) is 0 Å². The summed E-state index contributed by atoms with van der Waals surface area (Å²) in [6.07, 6.45) is 5.72. The van der Waals surface area contributed by atoms with Crippen LogP contribution in [0.4, 0.5) is 0 Å². The maximum Gasteiger partial charge on any atom is 0.132 e. The number of hydrogen-bond acceptors (Lipinski definition) is 1. The minimum atomic E-state index is 0.957. The van der Waals surface area contributed by atoms with Crippen LogP contribution in [0.25, 0.3) is 0 Å². The van der Waals surface area contributed by atoms with Gasteiger partial charge in [0.05, 0.1) is 0 Å². The molecule has 1 aromatic heterocycles. The molecule has 0 fully saturated rings. The normalized spacial score (nSPS) is 12.8. The second-order valence-electron chi connectivity index (χ2n) is 2.88. The highest BCUT2D eigenvalue weighted by atomic mass is 79.9. The maximum absolute atomic E-state index is 4.29. The molecule has 0 atom stereocenters. The summed E-state index contributed by atoms with van der Waals surface area (Å²) in [6, 6.07) is 2.05. The summed E-state index contributed by atoms with van der Waals surface area (Å²) in [5, 5.41) is 0. The van der Waals surface area contributed by atoms with Gasteiger partial charge in [0.15, 0.2) is 0 Å². The minimum Gasteiger partial charge on any atom is -0.335 e. The molecule has 3 heteroatoms. The van der Waals surface area contributed by atoms with Crippen molar-refractivity contribution in [2.24, 2.45) is 12.0 Å². The van der Waals surface area contributed by atoms with Gasteiger partial charge in [-0.05, 0) is 41.4 Å². The van der Waals surface area contributed by atoms with Gasteiger partial charge in [0.25, 0.3) is 0 Å². The van der Waals surface area contributed by atoms with Crippen LogP contribution in [0.15, 0.2) is 34.0 Å². The van der Waals surface area contributed by atoms with Crippen LogP contribution in [0.3, 0.4) is 0 Å². The SMILES string of the molecule is C/C=C\N=c1cc(C)c(Br)cn1C. The van der Waals surface area contributed by atoms with Gasteiger partial charge in [-0.2, -0.15) is 0 Å². The number of nitrogens with zero attached hydrogens (tertiary/aromatic N) is 2. The van der Waals surface area contributed by atoms with E-state index < -0.39 is 0 Å². The molecule has 0 aliphatic rings. The highest BCUT2D eigenvalue weighted by molar-refractivity contribution is 9.10. The Morgan fingerprint density at radius 3 is 2.85 bits per heavy atom. The standard InChI is InChI=1S/C10H13BrN2/c1-4-5-12-10-6-8(2)9(11)7-13(10)3/h4-7H,1-3H3/b5-4-,12-10?. The second kappa shape index (κ2) is 4.42. The molecule has 1 heterocycles. The van der Waals surface area contributed by atoms with E-state index in [0.717, 1.165) is 9.96 Å². The number of pyridine rings is 1. The summed E-state index contributed by atoms with van der Waals surface area (Å²) in [6.45, 7) is 4.01. The van der Waals surface area contributed by atoms with Crippen LogP contribution in [-0.2, 0) is 7.05 Å². The molecule has 70 valence electrons. The van der Waals surface area contributed by atoms with Gasteiger partial charge in [0.2, 0.25) is 0 Å². The van der Waals surface area contributed by atoms with Crippen molar-refractivity contribution in [3.8, 4) is 0 Å². The zero-order valence-electron chi connectivity index (χ0n) is 8.08. The van der Waals surface area contributed by atoms with Crippen LogP contribution in [0.5, 0.6) is 0 Å². The zero-order chi connectivity index (χ0) is 9.84. The largest absolute Gasteiger partial charge is 0.335 e. The lowest BCUT2D eigenvalue weighted by molar-refractivity contribution is 0.824. The lowest BCUT2D eigenvalue weighted by atomic mass is 10.3. The van der Waals surface area contributed by atoms with Crippen molar-refractivity contribution in [3.63, 3.8) is 0 Å². The second-order valence-corrected chi connectivity index (χ2v) is 3.74. The lowest BCUT2D eigenvalue weighted by Crippen LogP contribution is -2.16. The summed E-state index contributed by atoms with van der Waals surface area (Å²) in [4.78, 5) is 4.29. The van der Waals surface area contributed by atoms with E-state index >= 15 is 0 Å². The summed E-state index contributed by atoms with van der Waals surface area (Å²) < 4.78 is 3.09. The summed E-state index contributed by atoms with van der Waals surface area (Å²) in [5.41, 5.74) is 2.15. The van der Waals surface area contributed by atoms with Crippen LogP contribution in [0.2, 0.25) is 0 Å². The molecule has 0 N–H and O–H groups in total. The van der Waals surface area contributed by atoms with Crippen LogP contribution >= 0.6 is 15.9 Å². The van der Waals surface area contributed by atoms with E-state index in [1.54, 1.807) is 6.20 Å². The third-order valence-electron chi connectivity index (χ3n) is 1.75. The first-order valence-electron chi connectivity index (χ1n) is 4.13. The smallest absolute Gasteiger partial charge is 0.132 e. The van der Waals surface area contributed by atoms with Crippen LogP contribution in [0.1, 0.15) is 12.5 Å². The summed E-state index contributed by atoms with van der Waals surface area (Å²) in [5.74, 6) is 0. The predicted octanol–water partition coefficient (Wildman–Crippen LogP) is 2.53. The van der Waals surface area contributed by atoms with Crippen LogP contribution in [0, 0.1) is 6.92 Å². The molecule has 0 spiro atoms. The molecule has 2 nitrogen and oxygen atoms in total. The minimum absolute atomic E-state index is 0.957. The first kappa shape index (κ1) is 10.3. The topological polar surface area (TPSA) is 17.3 Å². The zero-order valence-corrected chi connectivity index (χ0v) is 9.67. The molecule has 13 heavy (non-hydrogen) atoms. The van der Waals surface area contributed by atoms with Crippen LogP contribution in [-0.4, -0.2) is 4.57 Å². The summed E-state index contributed by atoms with van der Waals surface area (Å²) in [7, 11) is 1.98. The van der Waals surface area contributed by atoms with Crippen molar-refractivity contribution in [1.29, 1.82) is 0 Å². The fourth-order valence-electron chi connectivity index (χ4n) is 0.982. The van der Waals surface area contributed by atoms with Gasteiger partial charge in [-0.15, -0.1) is 0 Å². The van der Waals surface area contributed by atoms with Gasteiger partial charge in [0, 0.05) is 23.9 Å². The predicted molar refractivity (Wildman–Crippen MR) is 58.2 cm³/mol. The average molecular weight is 241 g/mol. The van der Waals surface area contributed by atoms with Crippen molar-refractivity contribution in [2.75, 3.05) is 0 Å². The number of halogens is 1. The molecule has 0 aromatic carbocycles. The molecular formula is C10H13BrN2. The Bertz CT molecular complexity index is 388. The molecule has 0 amide bonds. The van der Waals surface area contributed by atoms with E-state index in [9.17, 15) is 0 Å². The third kappa shape index (κ3) is 2.56. The van der Waals surface area contributed by atoms with E-state index in [1.165, 1.54) is 5.56 Å². The van der Waals surface area contributed by atoms with Gasteiger partial charge in [0.1, 0.15) is 5.49 Å². The molecule has 1 aromatic rings. The van der Waals surface area contributed by atoms with Gasteiger partial charge in [-0.1, -0.05) is 6.08 Å². The molecule has 0 saturated heterocycles. The van der Waals surface area contributed by atoms with Crippen molar-refractivity contribution in [1.82, 2.24) is 4.57 Å². The monoisotopic (exact) mass is 240 g/mol. The lowest BCUT2D eigenvalue weighted by Gasteiger charge is -2.02. The number of allylic oxidation sites excluding steroid dienone is 1. The fraction of sp³-hybridized carbons (Fsp3) is 0.300. The average Bonchev–Trinajstić information content (AvgIpc) is 2.09. The summed E-state index contributed by atoms with van der Waals surface area (Å²) >= 11 is 3.47. The Balaban J connectivity index is 3.31. The fourth-order valence-corrected chi connectivity index (χ4v) is 1.40.